The SMILES string of the molecule is Cc1cc(C)c2[nH]c(C(=O)N3CC(OCc4ccccc4F)C3)c(C)c2c1. The van der Waals surface area contributed by atoms with Crippen molar-refractivity contribution in [3.8, 4) is 0 Å². The van der Waals surface area contributed by atoms with E-state index in [2.05, 4.69) is 31.0 Å². The van der Waals surface area contributed by atoms with Crippen LogP contribution in [0.25, 0.3) is 10.9 Å². The lowest BCUT2D eigenvalue weighted by molar-refractivity contribution is -0.0511. The van der Waals surface area contributed by atoms with Gasteiger partial charge in [0.25, 0.3) is 5.91 Å². The minimum atomic E-state index is -0.260. The second-order valence-electron chi connectivity index (χ2n) is 7.36. The highest BCUT2D eigenvalue weighted by molar-refractivity contribution is 6.02. The molecule has 1 fully saturated rings. The number of ether oxygens (including phenoxy) is 1. The number of nitrogens with zero attached hydrogens (tertiary/aromatic N) is 1. The van der Waals surface area contributed by atoms with Crippen LogP contribution in [0.3, 0.4) is 0 Å². The largest absolute Gasteiger partial charge is 0.370 e. The molecule has 4 rings (SSSR count). The Morgan fingerprint density at radius 3 is 2.70 bits per heavy atom. The van der Waals surface area contributed by atoms with Crippen molar-refractivity contribution in [2.45, 2.75) is 33.5 Å². The van der Waals surface area contributed by atoms with Gasteiger partial charge in [-0.1, -0.05) is 29.8 Å². The van der Waals surface area contributed by atoms with E-state index in [-0.39, 0.29) is 24.4 Å². The fourth-order valence-electron chi connectivity index (χ4n) is 3.69. The average Bonchev–Trinajstić information content (AvgIpc) is 2.92. The number of nitrogens with one attached hydrogen (secondary N) is 1. The molecule has 1 aromatic heterocycles. The second kappa shape index (κ2) is 6.82. The van der Waals surface area contributed by atoms with E-state index in [1.54, 1.807) is 23.1 Å². The summed E-state index contributed by atoms with van der Waals surface area (Å²) in [6.45, 7) is 7.38. The van der Waals surface area contributed by atoms with Crippen LogP contribution in [0.4, 0.5) is 4.39 Å². The van der Waals surface area contributed by atoms with Crippen molar-refractivity contribution in [2.75, 3.05) is 13.1 Å². The van der Waals surface area contributed by atoms with E-state index >= 15 is 0 Å². The van der Waals surface area contributed by atoms with Crippen molar-refractivity contribution in [1.82, 2.24) is 9.88 Å². The van der Waals surface area contributed by atoms with Crippen LogP contribution in [0.15, 0.2) is 36.4 Å². The molecular weight excluding hydrogens is 343 g/mol. The first kappa shape index (κ1) is 17.7. The van der Waals surface area contributed by atoms with E-state index in [1.807, 2.05) is 6.92 Å². The van der Waals surface area contributed by atoms with Gasteiger partial charge in [0.2, 0.25) is 0 Å². The number of hydrogen-bond acceptors (Lipinski definition) is 2. The van der Waals surface area contributed by atoms with Gasteiger partial charge < -0.3 is 14.6 Å². The number of hydrogen-bond donors (Lipinski definition) is 1. The minimum absolute atomic E-state index is 0.00788. The summed E-state index contributed by atoms with van der Waals surface area (Å²) < 4.78 is 19.4. The summed E-state index contributed by atoms with van der Waals surface area (Å²) in [6.07, 6.45) is -0.0535. The molecule has 2 aromatic carbocycles. The number of carbonyl (C=O) groups is 1. The third-order valence-electron chi connectivity index (χ3n) is 5.29. The minimum Gasteiger partial charge on any atom is -0.370 e. The highest BCUT2D eigenvalue weighted by atomic mass is 19.1. The normalized spacial score (nSPS) is 14.6. The maximum atomic E-state index is 13.6. The van der Waals surface area contributed by atoms with Gasteiger partial charge in [0.15, 0.2) is 0 Å². The Morgan fingerprint density at radius 2 is 1.96 bits per heavy atom. The zero-order valence-electron chi connectivity index (χ0n) is 15.8. The van der Waals surface area contributed by atoms with Gasteiger partial charge >= 0.3 is 0 Å². The van der Waals surface area contributed by atoms with E-state index < -0.39 is 0 Å². The average molecular weight is 366 g/mol. The lowest BCUT2D eigenvalue weighted by Crippen LogP contribution is -2.54. The summed E-state index contributed by atoms with van der Waals surface area (Å²) in [5.41, 5.74) is 5.52. The van der Waals surface area contributed by atoms with Crippen molar-refractivity contribution in [3.63, 3.8) is 0 Å². The number of aryl methyl sites for hydroxylation is 3. The Morgan fingerprint density at radius 1 is 1.22 bits per heavy atom. The summed E-state index contributed by atoms with van der Waals surface area (Å²) in [7, 11) is 0. The van der Waals surface area contributed by atoms with Gasteiger partial charge in [-0.3, -0.25) is 4.79 Å². The van der Waals surface area contributed by atoms with Crippen molar-refractivity contribution in [3.05, 3.63) is 70.2 Å². The lowest BCUT2D eigenvalue weighted by Gasteiger charge is -2.38. The first-order chi connectivity index (χ1) is 12.9. The molecule has 27 heavy (non-hydrogen) atoms. The van der Waals surface area contributed by atoms with Gasteiger partial charge in [-0.25, -0.2) is 4.39 Å². The van der Waals surface area contributed by atoms with Crippen LogP contribution in [0.2, 0.25) is 0 Å². The van der Waals surface area contributed by atoms with Crippen LogP contribution < -0.4 is 0 Å². The molecular formula is C22H23FN2O2. The number of aromatic nitrogens is 1. The van der Waals surface area contributed by atoms with Gasteiger partial charge in [0, 0.05) is 29.6 Å². The number of benzene rings is 2. The van der Waals surface area contributed by atoms with E-state index in [1.165, 1.54) is 11.6 Å². The molecule has 1 N–H and O–H groups in total. The van der Waals surface area contributed by atoms with E-state index in [4.69, 9.17) is 4.74 Å². The first-order valence-corrected chi connectivity index (χ1v) is 9.18. The molecule has 4 nitrogen and oxygen atoms in total. The molecule has 0 spiro atoms. The van der Waals surface area contributed by atoms with E-state index in [9.17, 15) is 9.18 Å². The second-order valence-corrected chi connectivity index (χ2v) is 7.36. The molecule has 0 atom stereocenters. The fraction of sp³-hybridized carbons (Fsp3) is 0.318. The Balaban J connectivity index is 1.42. The lowest BCUT2D eigenvalue weighted by atomic mass is 10.0. The zero-order valence-corrected chi connectivity index (χ0v) is 15.8. The van der Waals surface area contributed by atoms with Crippen LogP contribution in [0.1, 0.15) is 32.7 Å². The molecule has 1 saturated heterocycles. The number of halogens is 1. The summed E-state index contributed by atoms with van der Waals surface area (Å²) in [5, 5.41) is 1.10. The number of fused-ring (bicyclic) bond motifs is 1. The molecule has 1 aliphatic heterocycles. The first-order valence-electron chi connectivity index (χ1n) is 9.18. The van der Waals surface area contributed by atoms with Crippen LogP contribution in [0, 0.1) is 26.6 Å². The molecule has 0 unspecified atom stereocenters. The monoisotopic (exact) mass is 366 g/mol. The van der Waals surface area contributed by atoms with E-state index in [0.29, 0.717) is 24.3 Å². The quantitative estimate of drug-likeness (QED) is 0.749. The number of rotatable bonds is 4. The number of likely N-dealkylation sites (tertiary alicyclic amines) is 1. The van der Waals surface area contributed by atoms with Crippen molar-refractivity contribution in [1.29, 1.82) is 0 Å². The summed E-state index contributed by atoms with van der Waals surface area (Å²) in [5.74, 6) is -0.268. The molecule has 2 heterocycles. The molecule has 140 valence electrons. The van der Waals surface area contributed by atoms with Gasteiger partial charge in [0.05, 0.1) is 12.7 Å². The van der Waals surface area contributed by atoms with Crippen LogP contribution in [0.5, 0.6) is 0 Å². The van der Waals surface area contributed by atoms with Crippen molar-refractivity contribution < 1.29 is 13.9 Å². The molecule has 0 saturated carbocycles. The maximum absolute atomic E-state index is 13.6. The highest BCUT2D eigenvalue weighted by Gasteiger charge is 2.33. The summed E-state index contributed by atoms with van der Waals surface area (Å²) in [4.78, 5) is 17.9. The number of carbonyl (C=O) groups excluding carboxylic acids is 1. The summed E-state index contributed by atoms with van der Waals surface area (Å²) in [6, 6.07) is 10.8. The van der Waals surface area contributed by atoms with Crippen molar-refractivity contribution >= 4 is 16.8 Å². The van der Waals surface area contributed by atoms with Crippen LogP contribution in [-0.2, 0) is 11.3 Å². The zero-order chi connectivity index (χ0) is 19.1. The third-order valence-corrected chi connectivity index (χ3v) is 5.29. The molecule has 0 aliphatic carbocycles. The van der Waals surface area contributed by atoms with Gasteiger partial charge in [0.1, 0.15) is 11.5 Å². The molecule has 1 aliphatic rings. The molecule has 0 bridgehead atoms. The van der Waals surface area contributed by atoms with Crippen molar-refractivity contribution in [2.24, 2.45) is 0 Å². The fourth-order valence-corrected chi connectivity index (χ4v) is 3.69. The third kappa shape index (κ3) is 3.23. The Bertz CT molecular complexity index is 1020. The van der Waals surface area contributed by atoms with Gasteiger partial charge in [-0.2, -0.15) is 0 Å². The summed E-state index contributed by atoms with van der Waals surface area (Å²) >= 11 is 0. The Kier molecular flexibility index (Phi) is 4.48. The number of amides is 1. The molecule has 3 aromatic rings. The molecule has 0 radical (unpaired) electrons. The van der Waals surface area contributed by atoms with E-state index in [0.717, 1.165) is 22.0 Å². The standard InChI is InChI=1S/C22H23FN2O2/c1-13-8-14(2)20-18(9-13)15(3)21(24-20)22(26)25-10-17(11-25)27-12-16-6-4-5-7-19(16)23/h4-9,17,24H,10-12H2,1-3H3. The Labute approximate surface area is 157 Å². The molecule has 1 amide bonds. The predicted octanol–water partition coefficient (Wildman–Crippen LogP) is 4.27. The Hall–Kier alpha value is -2.66. The number of aromatic amines is 1. The highest BCUT2D eigenvalue weighted by Crippen LogP contribution is 2.28. The van der Waals surface area contributed by atoms with Gasteiger partial charge in [-0.15, -0.1) is 0 Å². The van der Waals surface area contributed by atoms with Crippen LogP contribution in [-0.4, -0.2) is 35.0 Å². The molecule has 5 heteroatoms. The topological polar surface area (TPSA) is 45.3 Å². The maximum Gasteiger partial charge on any atom is 0.270 e. The smallest absolute Gasteiger partial charge is 0.270 e. The van der Waals surface area contributed by atoms with Crippen LogP contribution >= 0.6 is 0 Å². The predicted molar refractivity (Wildman–Crippen MR) is 103 cm³/mol. The van der Waals surface area contributed by atoms with Gasteiger partial charge in [-0.05, 0) is 44.0 Å². The number of H-pyrrole nitrogens is 1.